The van der Waals surface area contributed by atoms with Crippen LogP contribution in [0, 0.1) is 0 Å². The number of hydrogen-bond donors (Lipinski definition) is 1. The van der Waals surface area contributed by atoms with Crippen molar-refractivity contribution in [3.05, 3.63) is 0 Å². The average Bonchev–Trinajstić information content (AvgIpc) is 1.78. The van der Waals surface area contributed by atoms with Crippen LogP contribution in [0.1, 0.15) is 20.8 Å². The van der Waals surface area contributed by atoms with Crippen LogP contribution in [0.25, 0.3) is 0 Å². The molecular weight excluding hydrogens is 144 g/mol. The molecule has 0 fully saturated rings. The van der Waals surface area contributed by atoms with Gasteiger partial charge in [-0.3, -0.25) is 4.99 Å². The van der Waals surface area contributed by atoms with Gasteiger partial charge >= 0.3 is 0 Å². The smallest absolute Gasteiger partial charge is 0.109 e. The molecule has 0 aliphatic carbocycles. The highest BCUT2D eigenvalue weighted by Crippen LogP contribution is 2.06. The molecule has 0 amide bonds. The number of aliphatic imine (C=N–C) groups is 2. The minimum atomic E-state index is -0.139. The normalized spacial score (nSPS) is 13.6. The molecule has 0 atom stereocenters. The molecule has 0 aliphatic rings. The Bertz CT molecular complexity index is 133. The number of rotatable bonds is 3. The van der Waals surface area contributed by atoms with Crippen LogP contribution in [0.3, 0.4) is 0 Å². The van der Waals surface area contributed by atoms with E-state index < -0.39 is 0 Å². The fourth-order valence-corrected chi connectivity index (χ4v) is 0.411. The zero-order chi connectivity index (χ0) is 8.04. The fourth-order valence-electron chi connectivity index (χ4n) is 0.345. The first-order chi connectivity index (χ1) is 4.56. The van der Waals surface area contributed by atoms with Crippen molar-refractivity contribution in [2.45, 2.75) is 25.5 Å². The van der Waals surface area contributed by atoms with E-state index in [9.17, 15) is 0 Å². The monoisotopic (exact) mass is 158 g/mol. The minimum Gasteiger partial charge on any atom is -0.274 e. The predicted molar refractivity (Wildman–Crippen MR) is 50.6 cm³/mol. The van der Waals surface area contributed by atoms with Crippen molar-refractivity contribution in [2.24, 2.45) is 9.98 Å². The molecule has 0 aromatic heterocycles. The lowest BCUT2D eigenvalue weighted by Crippen LogP contribution is -2.11. The lowest BCUT2D eigenvalue weighted by atomic mass is 10.2. The van der Waals surface area contributed by atoms with E-state index in [1.165, 1.54) is 0 Å². The summed E-state index contributed by atoms with van der Waals surface area (Å²) in [5, 5.41) is 0. The molecule has 0 heterocycles. The Labute approximate surface area is 67.9 Å². The summed E-state index contributed by atoms with van der Waals surface area (Å²) < 4.78 is -0.139. The molecule has 0 saturated heterocycles. The largest absolute Gasteiger partial charge is 0.274 e. The predicted octanol–water partition coefficient (Wildman–Crippen LogP) is 1.81. The molecule has 0 spiro atoms. The molecule has 10 heavy (non-hydrogen) atoms. The van der Waals surface area contributed by atoms with E-state index in [1.54, 1.807) is 12.6 Å². The molecule has 0 radical (unpaired) electrons. The van der Waals surface area contributed by atoms with Crippen molar-refractivity contribution in [1.29, 1.82) is 0 Å². The molecule has 0 saturated carbocycles. The second kappa shape index (κ2) is 4.50. The molecule has 0 N–H and O–H groups in total. The van der Waals surface area contributed by atoms with E-state index in [1.807, 2.05) is 20.8 Å². The maximum Gasteiger partial charge on any atom is 0.109 e. The first-order valence-corrected chi connectivity index (χ1v) is 3.76. The summed E-state index contributed by atoms with van der Waals surface area (Å²) in [5.74, 6) is 0. The van der Waals surface area contributed by atoms with Gasteiger partial charge in [0.2, 0.25) is 0 Å². The molecule has 0 aliphatic heterocycles. The third-order valence-electron chi connectivity index (χ3n) is 0.721. The van der Waals surface area contributed by atoms with E-state index in [2.05, 4.69) is 22.6 Å². The van der Waals surface area contributed by atoms with Crippen molar-refractivity contribution in [2.75, 3.05) is 6.54 Å². The quantitative estimate of drug-likeness (QED) is 0.368. The summed E-state index contributed by atoms with van der Waals surface area (Å²) in [6, 6.07) is 0. The first kappa shape index (κ1) is 9.69. The second-order valence-electron chi connectivity index (χ2n) is 2.55. The third kappa shape index (κ3) is 7.69. The Balaban J connectivity index is 3.66. The first-order valence-electron chi connectivity index (χ1n) is 3.31. The SMILES string of the molecule is CCN=CN=CC(C)(C)S. The van der Waals surface area contributed by atoms with Crippen LogP contribution in [0.2, 0.25) is 0 Å². The Hall–Kier alpha value is -0.310. The summed E-state index contributed by atoms with van der Waals surface area (Å²) >= 11 is 4.25. The zero-order valence-electron chi connectivity index (χ0n) is 6.70. The van der Waals surface area contributed by atoms with E-state index in [0.29, 0.717) is 0 Å². The van der Waals surface area contributed by atoms with Gasteiger partial charge in [-0.05, 0) is 20.8 Å². The van der Waals surface area contributed by atoms with Gasteiger partial charge < -0.3 is 0 Å². The molecule has 58 valence electrons. The molecule has 0 rings (SSSR count). The maximum atomic E-state index is 4.25. The van der Waals surface area contributed by atoms with Gasteiger partial charge in [-0.2, -0.15) is 12.6 Å². The van der Waals surface area contributed by atoms with Gasteiger partial charge in [0.05, 0.1) is 0 Å². The fraction of sp³-hybridized carbons (Fsp3) is 0.714. The highest BCUT2D eigenvalue weighted by molar-refractivity contribution is 7.82. The van der Waals surface area contributed by atoms with E-state index in [-0.39, 0.29) is 4.75 Å². The maximum absolute atomic E-state index is 4.25. The standard InChI is InChI=1S/C7H14N2S/c1-4-8-6-9-5-7(2,3)10/h5-6,10H,4H2,1-3H3. The van der Waals surface area contributed by atoms with Crippen LogP contribution in [-0.4, -0.2) is 23.8 Å². The van der Waals surface area contributed by atoms with Crippen molar-refractivity contribution >= 4 is 25.2 Å². The van der Waals surface area contributed by atoms with Gasteiger partial charge in [0.15, 0.2) is 0 Å². The van der Waals surface area contributed by atoms with Gasteiger partial charge in [0.1, 0.15) is 6.34 Å². The lowest BCUT2D eigenvalue weighted by molar-refractivity contribution is 0.985. The van der Waals surface area contributed by atoms with Gasteiger partial charge in [-0.15, -0.1) is 0 Å². The van der Waals surface area contributed by atoms with Gasteiger partial charge in [0, 0.05) is 17.5 Å². The van der Waals surface area contributed by atoms with Crippen LogP contribution < -0.4 is 0 Å². The van der Waals surface area contributed by atoms with Gasteiger partial charge in [-0.1, -0.05) is 0 Å². The topological polar surface area (TPSA) is 24.7 Å². The van der Waals surface area contributed by atoms with E-state index in [4.69, 9.17) is 0 Å². The van der Waals surface area contributed by atoms with Crippen LogP contribution in [-0.2, 0) is 0 Å². The zero-order valence-corrected chi connectivity index (χ0v) is 7.60. The van der Waals surface area contributed by atoms with Crippen molar-refractivity contribution in [1.82, 2.24) is 0 Å². The molecule has 0 bridgehead atoms. The highest BCUT2D eigenvalue weighted by Gasteiger charge is 2.04. The number of nitrogens with zero attached hydrogens (tertiary/aromatic N) is 2. The van der Waals surface area contributed by atoms with Crippen molar-refractivity contribution in [3.63, 3.8) is 0 Å². The van der Waals surface area contributed by atoms with Crippen molar-refractivity contribution < 1.29 is 0 Å². The van der Waals surface area contributed by atoms with Crippen LogP contribution >= 0.6 is 12.6 Å². The Morgan fingerprint density at radius 2 is 2.10 bits per heavy atom. The van der Waals surface area contributed by atoms with Crippen LogP contribution in [0.15, 0.2) is 9.98 Å². The minimum absolute atomic E-state index is 0.139. The summed E-state index contributed by atoms with van der Waals surface area (Å²) in [6.45, 7) is 6.70. The van der Waals surface area contributed by atoms with Gasteiger partial charge in [0.25, 0.3) is 0 Å². The lowest BCUT2D eigenvalue weighted by Gasteiger charge is -2.07. The molecule has 2 nitrogen and oxygen atoms in total. The molecule has 3 heteroatoms. The highest BCUT2D eigenvalue weighted by atomic mass is 32.1. The van der Waals surface area contributed by atoms with E-state index in [0.717, 1.165) is 6.54 Å². The third-order valence-corrected chi connectivity index (χ3v) is 0.837. The molecule has 0 unspecified atom stereocenters. The summed E-state index contributed by atoms with van der Waals surface area (Å²) in [6.07, 6.45) is 3.31. The average molecular weight is 158 g/mol. The molecule has 0 aromatic rings. The number of hydrogen-bond acceptors (Lipinski definition) is 2. The Kier molecular flexibility index (Phi) is 4.36. The van der Waals surface area contributed by atoms with Crippen LogP contribution in [0.4, 0.5) is 0 Å². The molecular formula is C7H14N2S. The van der Waals surface area contributed by atoms with Crippen LogP contribution in [0.5, 0.6) is 0 Å². The number of thiol groups is 1. The Morgan fingerprint density at radius 3 is 2.50 bits per heavy atom. The summed E-state index contributed by atoms with van der Waals surface area (Å²) in [7, 11) is 0. The summed E-state index contributed by atoms with van der Waals surface area (Å²) in [4.78, 5) is 7.86. The van der Waals surface area contributed by atoms with E-state index >= 15 is 0 Å². The Morgan fingerprint density at radius 1 is 1.50 bits per heavy atom. The molecule has 0 aromatic carbocycles. The second-order valence-corrected chi connectivity index (χ2v) is 3.70. The van der Waals surface area contributed by atoms with Gasteiger partial charge in [-0.25, -0.2) is 4.99 Å². The summed E-state index contributed by atoms with van der Waals surface area (Å²) in [5.41, 5.74) is 0. The van der Waals surface area contributed by atoms with Crippen molar-refractivity contribution in [3.8, 4) is 0 Å².